The van der Waals surface area contributed by atoms with E-state index in [2.05, 4.69) is 14.7 Å². The van der Waals surface area contributed by atoms with Gasteiger partial charge in [-0.25, -0.2) is 0 Å². The molecular weight excluding hydrogens is 408 g/mol. The second-order valence-corrected chi connectivity index (χ2v) is 9.05. The predicted molar refractivity (Wildman–Crippen MR) is 113 cm³/mol. The zero-order valence-corrected chi connectivity index (χ0v) is 17.1. The van der Waals surface area contributed by atoms with Crippen molar-refractivity contribution in [3.8, 4) is 11.5 Å². The summed E-state index contributed by atoms with van der Waals surface area (Å²) in [4.78, 5) is 17.0. The summed E-state index contributed by atoms with van der Waals surface area (Å²) < 4.78 is 30.4. The number of nitrogens with zero attached hydrogens (tertiary/aromatic N) is 3. The van der Waals surface area contributed by atoms with E-state index in [-0.39, 0.29) is 33.1 Å². The Kier molecular flexibility index (Phi) is 4.73. The Labute approximate surface area is 172 Å². The number of hydrogen-bond donors (Lipinski definition) is 3. The quantitative estimate of drug-likeness (QED) is 0.581. The summed E-state index contributed by atoms with van der Waals surface area (Å²) >= 11 is 0. The zero-order chi connectivity index (χ0) is 21.6. The van der Waals surface area contributed by atoms with E-state index in [0.717, 1.165) is 6.20 Å². The molecule has 0 radical (unpaired) electrons. The first-order valence-electron chi connectivity index (χ1n) is 9.34. The fourth-order valence-corrected chi connectivity index (χ4v) is 4.44. The second-order valence-electron chi connectivity index (χ2n) is 7.48. The summed E-state index contributed by atoms with van der Waals surface area (Å²) in [5.41, 5.74) is -0.213. The van der Waals surface area contributed by atoms with Crippen LogP contribution in [-0.4, -0.2) is 34.0 Å². The molecule has 9 nitrogen and oxygen atoms in total. The van der Waals surface area contributed by atoms with E-state index < -0.39 is 21.3 Å². The van der Waals surface area contributed by atoms with Crippen LogP contribution >= 0.6 is 0 Å². The van der Waals surface area contributed by atoms with Crippen molar-refractivity contribution in [2.24, 2.45) is 10.3 Å². The van der Waals surface area contributed by atoms with Crippen molar-refractivity contribution in [2.75, 3.05) is 5.32 Å². The van der Waals surface area contributed by atoms with Gasteiger partial charge in [-0.3, -0.25) is 9.78 Å². The van der Waals surface area contributed by atoms with Gasteiger partial charge in [0.2, 0.25) is 0 Å². The number of sulfonamides is 1. The fourth-order valence-electron chi connectivity index (χ4n) is 3.37. The maximum absolute atomic E-state index is 13.3. The standard InChI is InChI=1S/C20H20N4O5S/c1-11(2)6-8-24-15-4-3-12(25)9-13(15)18(26)17(20(24)27)19-22-14-5-7-21-10-16(14)30(28,29)23-19/h3-5,7,9-11,25-26H,6,8H2,1-2H3,(H,22,23). The highest BCUT2D eigenvalue weighted by Crippen LogP contribution is 2.33. The van der Waals surface area contributed by atoms with Crippen LogP contribution in [0, 0.1) is 5.92 Å². The van der Waals surface area contributed by atoms with E-state index in [1.54, 1.807) is 6.07 Å². The molecule has 3 N–H and O–H groups in total. The van der Waals surface area contributed by atoms with E-state index in [4.69, 9.17) is 0 Å². The smallest absolute Gasteiger partial charge is 0.287 e. The molecule has 30 heavy (non-hydrogen) atoms. The highest BCUT2D eigenvalue weighted by Gasteiger charge is 2.30. The summed E-state index contributed by atoms with van der Waals surface area (Å²) in [6, 6.07) is 5.75. The molecule has 2 aromatic heterocycles. The molecule has 10 heteroatoms. The average Bonchev–Trinajstić information content (AvgIpc) is 2.67. The number of benzene rings is 1. The Balaban J connectivity index is 2.00. The topological polar surface area (TPSA) is 134 Å². The molecule has 3 heterocycles. The molecule has 0 fully saturated rings. The van der Waals surface area contributed by atoms with Gasteiger partial charge in [-0.05, 0) is 36.6 Å². The SMILES string of the molecule is CC(C)CCn1c(=O)c(C2=NS(=O)(=O)c3cnccc3N2)c(O)c2cc(O)ccc21. The molecule has 0 saturated carbocycles. The molecular formula is C20H20N4O5S. The van der Waals surface area contributed by atoms with Gasteiger partial charge < -0.3 is 20.1 Å². The van der Waals surface area contributed by atoms with Crippen LogP contribution in [0.1, 0.15) is 25.8 Å². The minimum absolute atomic E-state index is 0.0969. The lowest BCUT2D eigenvalue weighted by Gasteiger charge is -2.20. The van der Waals surface area contributed by atoms with E-state index in [1.807, 2.05) is 13.8 Å². The maximum atomic E-state index is 13.3. The molecule has 1 aliphatic heterocycles. The van der Waals surface area contributed by atoms with Gasteiger partial charge in [0, 0.05) is 24.3 Å². The number of pyridine rings is 2. The second kappa shape index (κ2) is 7.13. The molecule has 0 bridgehead atoms. The number of nitrogens with one attached hydrogen (secondary N) is 1. The lowest BCUT2D eigenvalue weighted by Crippen LogP contribution is -2.33. The van der Waals surface area contributed by atoms with E-state index in [0.29, 0.717) is 24.4 Å². The van der Waals surface area contributed by atoms with Gasteiger partial charge in [0.1, 0.15) is 22.0 Å². The van der Waals surface area contributed by atoms with Crippen LogP contribution in [0.5, 0.6) is 11.5 Å². The number of fused-ring (bicyclic) bond motifs is 2. The van der Waals surface area contributed by atoms with Gasteiger partial charge in [-0.15, -0.1) is 4.40 Å². The largest absolute Gasteiger partial charge is 0.508 e. The molecule has 0 amide bonds. The molecule has 0 spiro atoms. The zero-order valence-electron chi connectivity index (χ0n) is 16.3. The third kappa shape index (κ3) is 3.28. The van der Waals surface area contributed by atoms with Gasteiger partial charge in [0.15, 0.2) is 5.84 Å². The first-order valence-corrected chi connectivity index (χ1v) is 10.8. The van der Waals surface area contributed by atoms with Crippen molar-refractivity contribution in [3.05, 3.63) is 52.6 Å². The molecule has 3 aromatic rings. The van der Waals surface area contributed by atoms with Crippen molar-refractivity contribution in [1.82, 2.24) is 9.55 Å². The van der Waals surface area contributed by atoms with E-state index >= 15 is 0 Å². The summed E-state index contributed by atoms with van der Waals surface area (Å²) in [6.45, 7) is 4.39. The molecule has 1 aromatic carbocycles. The van der Waals surface area contributed by atoms with Crippen LogP contribution in [0.15, 0.2) is 50.7 Å². The van der Waals surface area contributed by atoms with Crippen LogP contribution in [-0.2, 0) is 16.6 Å². The molecule has 0 saturated heterocycles. The lowest BCUT2D eigenvalue weighted by atomic mass is 10.1. The Hall–Kier alpha value is -3.40. The Bertz CT molecular complexity index is 1360. The normalized spacial score (nSPS) is 15.0. The number of amidine groups is 1. The fraction of sp³-hybridized carbons (Fsp3) is 0.250. The number of anilines is 1. The third-order valence-electron chi connectivity index (χ3n) is 4.92. The highest BCUT2D eigenvalue weighted by molar-refractivity contribution is 7.90. The minimum atomic E-state index is -4.12. The molecule has 0 unspecified atom stereocenters. The van der Waals surface area contributed by atoms with E-state index in [9.17, 15) is 23.4 Å². The molecule has 0 aliphatic carbocycles. The number of aromatic hydroxyl groups is 2. The van der Waals surface area contributed by atoms with Crippen LogP contribution < -0.4 is 10.9 Å². The van der Waals surface area contributed by atoms with Gasteiger partial charge >= 0.3 is 0 Å². The van der Waals surface area contributed by atoms with Crippen LogP contribution in [0.3, 0.4) is 0 Å². The number of hydrogen-bond acceptors (Lipinski definition) is 7. The Morgan fingerprint density at radius 1 is 1.20 bits per heavy atom. The van der Waals surface area contributed by atoms with Crippen molar-refractivity contribution >= 4 is 32.4 Å². The van der Waals surface area contributed by atoms with Gasteiger partial charge in [-0.1, -0.05) is 13.8 Å². The number of aromatic nitrogens is 2. The summed E-state index contributed by atoms with van der Waals surface area (Å²) in [5, 5.41) is 23.8. The van der Waals surface area contributed by atoms with Crippen molar-refractivity contribution in [3.63, 3.8) is 0 Å². The van der Waals surface area contributed by atoms with E-state index in [1.165, 1.54) is 29.0 Å². The molecule has 1 aliphatic rings. The average molecular weight is 428 g/mol. The summed E-state index contributed by atoms with van der Waals surface area (Å²) in [5.74, 6) is -0.517. The van der Waals surface area contributed by atoms with Gasteiger partial charge in [0.25, 0.3) is 15.6 Å². The Morgan fingerprint density at radius 2 is 1.97 bits per heavy atom. The van der Waals surface area contributed by atoms with Crippen molar-refractivity contribution in [1.29, 1.82) is 0 Å². The number of phenolic OH excluding ortho intramolecular Hbond substituents is 1. The predicted octanol–water partition coefficient (Wildman–Crippen LogP) is 2.41. The number of phenols is 1. The van der Waals surface area contributed by atoms with Crippen LogP contribution in [0.2, 0.25) is 0 Å². The minimum Gasteiger partial charge on any atom is -0.508 e. The first kappa shape index (κ1) is 19.9. The molecule has 0 atom stereocenters. The van der Waals surface area contributed by atoms with Crippen LogP contribution in [0.4, 0.5) is 5.69 Å². The first-order chi connectivity index (χ1) is 14.2. The lowest BCUT2D eigenvalue weighted by molar-refractivity contribution is 0.467. The van der Waals surface area contributed by atoms with Crippen LogP contribution in [0.25, 0.3) is 10.9 Å². The number of aryl methyl sites for hydroxylation is 1. The maximum Gasteiger partial charge on any atom is 0.287 e. The van der Waals surface area contributed by atoms with Crippen molar-refractivity contribution in [2.45, 2.75) is 31.7 Å². The van der Waals surface area contributed by atoms with Gasteiger partial charge in [0.05, 0.1) is 11.2 Å². The highest BCUT2D eigenvalue weighted by atomic mass is 32.2. The third-order valence-corrected chi connectivity index (χ3v) is 6.22. The monoisotopic (exact) mass is 428 g/mol. The summed E-state index contributed by atoms with van der Waals surface area (Å²) in [7, 11) is -4.12. The summed E-state index contributed by atoms with van der Waals surface area (Å²) in [6.07, 6.45) is 3.26. The van der Waals surface area contributed by atoms with Gasteiger partial charge in [-0.2, -0.15) is 8.42 Å². The van der Waals surface area contributed by atoms with Crippen molar-refractivity contribution < 1.29 is 18.6 Å². The molecule has 156 valence electrons. The number of rotatable bonds is 4. The molecule has 4 rings (SSSR count). The Morgan fingerprint density at radius 3 is 2.70 bits per heavy atom.